The second-order valence-electron chi connectivity index (χ2n) is 4.28. The summed E-state index contributed by atoms with van der Waals surface area (Å²) in [6, 6.07) is 7.68. The van der Waals surface area contributed by atoms with Gasteiger partial charge in [0.1, 0.15) is 5.76 Å². The molecule has 0 unspecified atom stereocenters. The van der Waals surface area contributed by atoms with Crippen LogP contribution in [0.2, 0.25) is 0 Å². The first-order chi connectivity index (χ1) is 9.15. The van der Waals surface area contributed by atoms with Gasteiger partial charge in [0.2, 0.25) is 0 Å². The van der Waals surface area contributed by atoms with Crippen molar-refractivity contribution < 1.29 is 4.42 Å². The molecule has 96 valence electrons. The van der Waals surface area contributed by atoms with Crippen LogP contribution in [-0.2, 0) is 0 Å². The Labute approximate surface area is 115 Å². The van der Waals surface area contributed by atoms with Gasteiger partial charge in [-0.25, -0.2) is 4.98 Å². The maximum atomic E-state index is 5.96. The van der Waals surface area contributed by atoms with E-state index in [2.05, 4.69) is 9.97 Å². The molecule has 5 heteroatoms. The molecule has 19 heavy (non-hydrogen) atoms. The first-order valence-corrected chi connectivity index (χ1v) is 6.72. The van der Waals surface area contributed by atoms with Gasteiger partial charge in [-0.1, -0.05) is 0 Å². The molecule has 0 saturated heterocycles. The van der Waals surface area contributed by atoms with Crippen LogP contribution in [0.4, 0.5) is 5.69 Å². The quantitative estimate of drug-likeness (QED) is 0.722. The third-order valence-corrected chi connectivity index (χ3v) is 3.87. The third-order valence-electron chi connectivity index (χ3n) is 2.97. The lowest BCUT2D eigenvalue weighted by Crippen LogP contribution is -1.90. The Morgan fingerprint density at radius 2 is 2.05 bits per heavy atom. The van der Waals surface area contributed by atoms with Crippen LogP contribution >= 0.6 is 11.8 Å². The number of hydrogen-bond donors (Lipinski definition) is 1. The minimum absolute atomic E-state index is 0.631. The van der Waals surface area contributed by atoms with Gasteiger partial charge in [-0.15, -0.1) is 0 Å². The fourth-order valence-electron chi connectivity index (χ4n) is 1.83. The highest BCUT2D eigenvalue weighted by Gasteiger charge is 2.11. The molecule has 3 aromatic rings. The summed E-state index contributed by atoms with van der Waals surface area (Å²) in [6.07, 6.45) is 1.76. The number of anilines is 1. The summed E-state index contributed by atoms with van der Waals surface area (Å²) in [7, 11) is 0. The molecule has 2 heterocycles. The Bertz CT molecular complexity index is 732. The van der Waals surface area contributed by atoms with E-state index in [0.717, 1.165) is 32.9 Å². The summed E-state index contributed by atoms with van der Waals surface area (Å²) < 4.78 is 5.59. The van der Waals surface area contributed by atoms with Gasteiger partial charge in [0, 0.05) is 22.2 Å². The van der Waals surface area contributed by atoms with Gasteiger partial charge in [0.15, 0.2) is 0 Å². The van der Waals surface area contributed by atoms with Crippen molar-refractivity contribution in [2.24, 2.45) is 0 Å². The summed E-state index contributed by atoms with van der Waals surface area (Å²) in [4.78, 5) is 9.76. The molecule has 1 aromatic carbocycles. The Hall–Kier alpha value is -2.01. The van der Waals surface area contributed by atoms with Crippen molar-refractivity contribution in [3.63, 3.8) is 0 Å². The van der Waals surface area contributed by atoms with Gasteiger partial charge >= 0.3 is 0 Å². The predicted octanol–water partition coefficient (Wildman–Crippen LogP) is 3.57. The fourth-order valence-corrected chi connectivity index (χ4v) is 2.76. The smallest absolute Gasteiger partial charge is 0.261 e. The van der Waals surface area contributed by atoms with Crippen molar-refractivity contribution in [3.05, 3.63) is 41.9 Å². The number of fused-ring (bicyclic) bond motifs is 1. The molecular weight excluding hydrogens is 258 g/mol. The molecule has 0 saturated carbocycles. The zero-order valence-electron chi connectivity index (χ0n) is 10.7. The molecule has 0 aliphatic heterocycles. The number of benzene rings is 1. The van der Waals surface area contributed by atoms with E-state index in [9.17, 15) is 0 Å². The van der Waals surface area contributed by atoms with E-state index >= 15 is 0 Å². The van der Waals surface area contributed by atoms with Crippen molar-refractivity contribution in [2.45, 2.75) is 24.0 Å². The average Bonchev–Trinajstić information content (AvgIpc) is 2.72. The molecule has 4 nitrogen and oxygen atoms in total. The van der Waals surface area contributed by atoms with Crippen LogP contribution in [0.15, 0.2) is 45.0 Å². The lowest BCUT2D eigenvalue weighted by atomic mass is 10.2. The van der Waals surface area contributed by atoms with E-state index in [0.29, 0.717) is 5.22 Å². The Kier molecular flexibility index (Phi) is 2.91. The third kappa shape index (κ3) is 2.17. The van der Waals surface area contributed by atoms with Crippen molar-refractivity contribution >= 4 is 28.4 Å². The number of rotatable bonds is 2. The number of pyridine rings is 1. The van der Waals surface area contributed by atoms with Crippen LogP contribution in [0.25, 0.3) is 10.9 Å². The molecule has 3 rings (SSSR count). The van der Waals surface area contributed by atoms with Crippen molar-refractivity contribution in [1.82, 2.24) is 9.97 Å². The van der Waals surface area contributed by atoms with Gasteiger partial charge < -0.3 is 10.2 Å². The average molecular weight is 271 g/mol. The first-order valence-electron chi connectivity index (χ1n) is 5.90. The van der Waals surface area contributed by atoms with E-state index < -0.39 is 0 Å². The van der Waals surface area contributed by atoms with Gasteiger partial charge in [-0.3, -0.25) is 4.98 Å². The summed E-state index contributed by atoms with van der Waals surface area (Å²) >= 11 is 1.46. The molecule has 0 aliphatic carbocycles. The second-order valence-corrected chi connectivity index (χ2v) is 5.27. The monoisotopic (exact) mass is 271 g/mol. The number of nitrogens with zero attached hydrogens (tertiary/aromatic N) is 2. The second kappa shape index (κ2) is 4.59. The highest BCUT2D eigenvalue weighted by Crippen LogP contribution is 2.34. The lowest BCUT2D eigenvalue weighted by Gasteiger charge is -2.05. The maximum absolute atomic E-state index is 5.96. The minimum atomic E-state index is 0.631. The van der Waals surface area contributed by atoms with E-state index in [1.165, 1.54) is 11.8 Å². The summed E-state index contributed by atoms with van der Waals surface area (Å²) in [5.41, 5.74) is 8.48. The topological polar surface area (TPSA) is 64.9 Å². The summed E-state index contributed by atoms with van der Waals surface area (Å²) in [5.74, 6) is 0.843. The zero-order valence-corrected chi connectivity index (χ0v) is 11.5. The molecule has 0 spiro atoms. The normalized spacial score (nSPS) is 11.1. The van der Waals surface area contributed by atoms with Crippen molar-refractivity contribution in [3.8, 4) is 0 Å². The first kappa shape index (κ1) is 12.0. The number of oxazole rings is 1. The van der Waals surface area contributed by atoms with Crippen LogP contribution in [0.1, 0.15) is 11.5 Å². The molecule has 2 aromatic heterocycles. The highest BCUT2D eigenvalue weighted by molar-refractivity contribution is 7.99. The highest BCUT2D eigenvalue weighted by atomic mass is 32.2. The number of aryl methyl sites for hydroxylation is 2. The summed E-state index contributed by atoms with van der Waals surface area (Å²) in [6.45, 7) is 3.84. The number of nitrogen functional groups attached to an aromatic ring is 1. The maximum Gasteiger partial charge on any atom is 0.261 e. The Balaban J connectivity index is 2.08. The number of aromatic nitrogens is 2. The number of nitrogens with two attached hydrogens (primary N) is 1. The number of hydrogen-bond acceptors (Lipinski definition) is 5. The van der Waals surface area contributed by atoms with Gasteiger partial charge in [-0.2, -0.15) is 0 Å². The van der Waals surface area contributed by atoms with Crippen LogP contribution in [0, 0.1) is 13.8 Å². The SMILES string of the molecule is Cc1nc(Sc2ccc(N)c3cccnc23)oc1C. The van der Waals surface area contributed by atoms with Crippen molar-refractivity contribution in [2.75, 3.05) is 5.73 Å². The molecular formula is C14H13N3OS. The molecule has 0 aliphatic rings. The molecule has 0 radical (unpaired) electrons. The molecule has 2 N–H and O–H groups in total. The van der Waals surface area contributed by atoms with Crippen LogP contribution in [0.5, 0.6) is 0 Å². The van der Waals surface area contributed by atoms with Crippen LogP contribution in [0.3, 0.4) is 0 Å². The van der Waals surface area contributed by atoms with Crippen LogP contribution < -0.4 is 5.73 Å². The molecule has 0 amide bonds. The predicted molar refractivity (Wildman–Crippen MR) is 76.3 cm³/mol. The molecule has 0 atom stereocenters. The van der Waals surface area contributed by atoms with E-state index in [4.69, 9.17) is 10.2 Å². The standard InChI is InChI=1S/C14H13N3OS/c1-8-9(2)18-14(17-8)19-12-6-5-11(15)10-4-3-7-16-13(10)12/h3-7H,15H2,1-2H3. The minimum Gasteiger partial charge on any atom is -0.436 e. The fraction of sp³-hybridized carbons (Fsp3) is 0.143. The summed E-state index contributed by atoms with van der Waals surface area (Å²) in [5, 5.41) is 1.58. The van der Waals surface area contributed by atoms with E-state index in [-0.39, 0.29) is 0 Å². The van der Waals surface area contributed by atoms with E-state index in [1.54, 1.807) is 6.20 Å². The van der Waals surface area contributed by atoms with E-state index in [1.807, 2.05) is 38.1 Å². The zero-order chi connectivity index (χ0) is 13.4. The van der Waals surface area contributed by atoms with Gasteiger partial charge in [0.05, 0.1) is 11.2 Å². The Morgan fingerprint density at radius 3 is 2.79 bits per heavy atom. The van der Waals surface area contributed by atoms with Crippen LogP contribution in [-0.4, -0.2) is 9.97 Å². The van der Waals surface area contributed by atoms with Gasteiger partial charge in [-0.05, 0) is 49.9 Å². The molecule has 0 bridgehead atoms. The van der Waals surface area contributed by atoms with Gasteiger partial charge in [0.25, 0.3) is 5.22 Å². The Morgan fingerprint density at radius 1 is 1.21 bits per heavy atom. The lowest BCUT2D eigenvalue weighted by molar-refractivity contribution is 0.431. The largest absolute Gasteiger partial charge is 0.436 e. The molecule has 0 fully saturated rings. The van der Waals surface area contributed by atoms with Crippen molar-refractivity contribution in [1.29, 1.82) is 0 Å².